The van der Waals surface area contributed by atoms with Gasteiger partial charge in [-0.25, -0.2) is 0 Å². The highest BCUT2D eigenvalue weighted by Gasteiger charge is 2.08. The zero-order chi connectivity index (χ0) is 11.2. The van der Waals surface area contributed by atoms with E-state index in [0.29, 0.717) is 5.75 Å². The van der Waals surface area contributed by atoms with Gasteiger partial charge in [-0.15, -0.1) is 0 Å². The summed E-state index contributed by atoms with van der Waals surface area (Å²) in [5, 5.41) is 13.0. The van der Waals surface area contributed by atoms with Crippen LogP contribution in [-0.2, 0) is 6.42 Å². The predicted molar refractivity (Wildman–Crippen MR) is 65.7 cm³/mol. The third-order valence-corrected chi connectivity index (χ3v) is 3.12. The van der Waals surface area contributed by atoms with Crippen molar-refractivity contribution in [2.75, 3.05) is 32.7 Å². The van der Waals surface area contributed by atoms with Gasteiger partial charge in [0.25, 0.3) is 0 Å². The van der Waals surface area contributed by atoms with Crippen LogP contribution in [0.4, 0.5) is 0 Å². The molecule has 3 heteroatoms. The van der Waals surface area contributed by atoms with Crippen LogP contribution in [-0.4, -0.2) is 42.7 Å². The Balaban J connectivity index is 1.73. The Morgan fingerprint density at radius 2 is 1.94 bits per heavy atom. The van der Waals surface area contributed by atoms with E-state index < -0.39 is 0 Å². The van der Waals surface area contributed by atoms with Gasteiger partial charge in [0.05, 0.1) is 0 Å². The molecule has 16 heavy (non-hydrogen) atoms. The molecule has 2 rings (SSSR count). The first-order chi connectivity index (χ1) is 7.86. The number of rotatable bonds is 4. The van der Waals surface area contributed by atoms with Gasteiger partial charge in [0.15, 0.2) is 0 Å². The first-order valence-electron chi connectivity index (χ1n) is 6.06. The molecule has 0 radical (unpaired) electrons. The lowest BCUT2D eigenvalue weighted by Gasteiger charge is -2.27. The van der Waals surface area contributed by atoms with Crippen molar-refractivity contribution in [1.29, 1.82) is 0 Å². The number of phenols is 1. The molecule has 0 unspecified atom stereocenters. The van der Waals surface area contributed by atoms with Crippen LogP contribution in [0.2, 0.25) is 0 Å². The van der Waals surface area contributed by atoms with Crippen molar-refractivity contribution < 1.29 is 5.11 Å². The molecular formula is C13H20N2O. The predicted octanol–water partition coefficient (Wildman–Crippen LogP) is 1.23. The fourth-order valence-corrected chi connectivity index (χ4v) is 2.15. The van der Waals surface area contributed by atoms with Crippen LogP contribution in [0.1, 0.15) is 12.0 Å². The number of benzene rings is 1. The van der Waals surface area contributed by atoms with Crippen molar-refractivity contribution >= 4 is 0 Å². The van der Waals surface area contributed by atoms with Gasteiger partial charge in [-0.3, -0.25) is 0 Å². The molecule has 1 fully saturated rings. The number of hydrogen-bond donors (Lipinski definition) is 2. The number of piperazine rings is 1. The van der Waals surface area contributed by atoms with Gasteiger partial charge in [0.2, 0.25) is 0 Å². The first kappa shape index (κ1) is 11.4. The summed E-state index contributed by atoms with van der Waals surface area (Å²) >= 11 is 0. The number of nitrogens with zero attached hydrogens (tertiary/aromatic N) is 1. The number of nitrogens with one attached hydrogen (secondary N) is 1. The van der Waals surface area contributed by atoms with Gasteiger partial charge in [-0.05, 0) is 31.0 Å². The number of para-hydroxylation sites is 1. The topological polar surface area (TPSA) is 35.5 Å². The fraction of sp³-hybridized carbons (Fsp3) is 0.538. The van der Waals surface area contributed by atoms with Crippen LogP contribution in [0.25, 0.3) is 0 Å². The second-order valence-electron chi connectivity index (χ2n) is 4.32. The van der Waals surface area contributed by atoms with E-state index in [-0.39, 0.29) is 0 Å². The van der Waals surface area contributed by atoms with Crippen molar-refractivity contribution in [1.82, 2.24) is 10.2 Å². The van der Waals surface area contributed by atoms with Crippen molar-refractivity contribution in [2.24, 2.45) is 0 Å². The molecule has 1 aliphatic heterocycles. The molecular weight excluding hydrogens is 200 g/mol. The zero-order valence-electron chi connectivity index (χ0n) is 9.65. The second kappa shape index (κ2) is 5.87. The molecule has 0 atom stereocenters. The molecule has 1 aliphatic rings. The summed E-state index contributed by atoms with van der Waals surface area (Å²) < 4.78 is 0. The zero-order valence-corrected chi connectivity index (χ0v) is 9.65. The summed E-state index contributed by atoms with van der Waals surface area (Å²) in [5.74, 6) is 0.433. The van der Waals surface area contributed by atoms with E-state index in [4.69, 9.17) is 0 Å². The Morgan fingerprint density at radius 3 is 2.69 bits per heavy atom. The lowest BCUT2D eigenvalue weighted by atomic mass is 10.1. The van der Waals surface area contributed by atoms with Crippen molar-refractivity contribution in [2.45, 2.75) is 12.8 Å². The molecule has 2 N–H and O–H groups in total. The Hall–Kier alpha value is -1.06. The summed E-state index contributed by atoms with van der Waals surface area (Å²) in [5.41, 5.74) is 1.07. The fourth-order valence-electron chi connectivity index (χ4n) is 2.15. The molecule has 88 valence electrons. The molecule has 1 aromatic rings. The van der Waals surface area contributed by atoms with Crippen molar-refractivity contribution in [3.05, 3.63) is 29.8 Å². The molecule has 0 amide bonds. The summed E-state index contributed by atoms with van der Waals surface area (Å²) in [6, 6.07) is 7.63. The number of hydrogen-bond acceptors (Lipinski definition) is 3. The van der Waals surface area contributed by atoms with Gasteiger partial charge < -0.3 is 15.3 Å². The minimum absolute atomic E-state index is 0.433. The van der Waals surface area contributed by atoms with E-state index >= 15 is 0 Å². The molecule has 0 saturated carbocycles. The van der Waals surface area contributed by atoms with E-state index in [1.807, 2.05) is 18.2 Å². The third kappa shape index (κ3) is 3.22. The molecule has 0 aromatic heterocycles. The second-order valence-corrected chi connectivity index (χ2v) is 4.32. The molecule has 1 aromatic carbocycles. The number of phenolic OH excluding ortho intramolecular Hbond substituents is 1. The molecule has 3 nitrogen and oxygen atoms in total. The van der Waals surface area contributed by atoms with Gasteiger partial charge in [-0.1, -0.05) is 18.2 Å². The van der Waals surface area contributed by atoms with Gasteiger partial charge in [-0.2, -0.15) is 0 Å². The highest BCUT2D eigenvalue weighted by molar-refractivity contribution is 5.31. The summed E-state index contributed by atoms with van der Waals surface area (Å²) in [7, 11) is 0. The van der Waals surface area contributed by atoms with Gasteiger partial charge in [0.1, 0.15) is 5.75 Å². The summed E-state index contributed by atoms with van der Waals surface area (Å²) in [6.45, 7) is 5.66. The van der Waals surface area contributed by atoms with Gasteiger partial charge >= 0.3 is 0 Å². The minimum atomic E-state index is 0.433. The van der Waals surface area contributed by atoms with Crippen LogP contribution < -0.4 is 5.32 Å². The van der Waals surface area contributed by atoms with Crippen LogP contribution >= 0.6 is 0 Å². The van der Waals surface area contributed by atoms with E-state index in [1.165, 1.54) is 0 Å². The molecule has 1 saturated heterocycles. The largest absolute Gasteiger partial charge is 0.508 e. The SMILES string of the molecule is Oc1ccccc1CCCN1CCNCC1. The van der Waals surface area contributed by atoms with Crippen LogP contribution in [0.5, 0.6) is 5.75 Å². The average molecular weight is 220 g/mol. The number of aryl methyl sites for hydroxylation is 1. The van der Waals surface area contributed by atoms with E-state index in [9.17, 15) is 5.11 Å². The van der Waals surface area contributed by atoms with Crippen LogP contribution in [0, 0.1) is 0 Å². The Kier molecular flexibility index (Phi) is 4.19. The lowest BCUT2D eigenvalue weighted by molar-refractivity contribution is 0.238. The third-order valence-electron chi connectivity index (χ3n) is 3.12. The van der Waals surface area contributed by atoms with Crippen LogP contribution in [0.3, 0.4) is 0 Å². The lowest BCUT2D eigenvalue weighted by Crippen LogP contribution is -2.43. The van der Waals surface area contributed by atoms with Crippen molar-refractivity contribution in [3.63, 3.8) is 0 Å². The maximum Gasteiger partial charge on any atom is 0.118 e. The number of aromatic hydroxyl groups is 1. The molecule has 0 aliphatic carbocycles. The normalized spacial score (nSPS) is 17.5. The minimum Gasteiger partial charge on any atom is -0.508 e. The average Bonchev–Trinajstić information content (AvgIpc) is 2.33. The van der Waals surface area contributed by atoms with Crippen molar-refractivity contribution in [3.8, 4) is 5.75 Å². The Labute approximate surface area is 97.1 Å². The summed E-state index contributed by atoms with van der Waals surface area (Å²) in [4.78, 5) is 2.48. The highest BCUT2D eigenvalue weighted by Crippen LogP contribution is 2.17. The Bertz CT molecular complexity index is 321. The maximum atomic E-state index is 9.62. The van der Waals surface area contributed by atoms with Crippen LogP contribution in [0.15, 0.2) is 24.3 Å². The maximum absolute atomic E-state index is 9.62. The van der Waals surface area contributed by atoms with E-state index in [2.05, 4.69) is 10.2 Å². The van der Waals surface area contributed by atoms with E-state index in [0.717, 1.165) is 51.1 Å². The summed E-state index contributed by atoms with van der Waals surface area (Å²) in [6.07, 6.45) is 2.09. The van der Waals surface area contributed by atoms with Gasteiger partial charge in [0, 0.05) is 26.2 Å². The monoisotopic (exact) mass is 220 g/mol. The highest BCUT2D eigenvalue weighted by atomic mass is 16.3. The first-order valence-corrected chi connectivity index (χ1v) is 6.06. The quantitative estimate of drug-likeness (QED) is 0.801. The molecule has 0 spiro atoms. The molecule has 0 bridgehead atoms. The standard InChI is InChI=1S/C13H20N2O/c16-13-6-2-1-4-12(13)5-3-9-15-10-7-14-8-11-15/h1-2,4,6,14,16H,3,5,7-11H2. The molecule has 1 heterocycles. The van der Waals surface area contributed by atoms with E-state index in [1.54, 1.807) is 6.07 Å². The smallest absolute Gasteiger partial charge is 0.118 e. The Morgan fingerprint density at radius 1 is 1.19 bits per heavy atom.